The van der Waals surface area contributed by atoms with Gasteiger partial charge in [-0.25, -0.2) is 15.8 Å². The predicted molar refractivity (Wildman–Crippen MR) is 59.6 cm³/mol. The van der Waals surface area contributed by atoms with Crippen LogP contribution in [-0.4, -0.2) is 16.6 Å². The lowest BCUT2D eigenvalue weighted by Crippen LogP contribution is -2.14. The molecule has 0 aromatic carbocycles. The minimum Gasteiger partial charge on any atom is -0.477 e. The first kappa shape index (κ1) is 11.7. The highest BCUT2D eigenvalue weighted by molar-refractivity contribution is 5.47. The first-order valence-electron chi connectivity index (χ1n) is 5.12. The van der Waals surface area contributed by atoms with E-state index in [1.165, 1.54) is 6.33 Å². The van der Waals surface area contributed by atoms with Crippen molar-refractivity contribution in [3.8, 4) is 5.88 Å². The van der Waals surface area contributed by atoms with Gasteiger partial charge in [0.15, 0.2) is 0 Å². The molecule has 5 nitrogen and oxygen atoms in total. The van der Waals surface area contributed by atoms with Gasteiger partial charge in [0, 0.05) is 0 Å². The van der Waals surface area contributed by atoms with Gasteiger partial charge in [0.1, 0.15) is 12.1 Å². The van der Waals surface area contributed by atoms with Gasteiger partial charge in [0.05, 0.1) is 12.2 Å². The average molecular weight is 210 g/mol. The smallest absolute Gasteiger partial charge is 0.221 e. The summed E-state index contributed by atoms with van der Waals surface area (Å²) >= 11 is 0. The Morgan fingerprint density at radius 1 is 1.47 bits per heavy atom. The second kappa shape index (κ2) is 5.50. The van der Waals surface area contributed by atoms with Crippen LogP contribution in [0.25, 0.3) is 0 Å². The number of aromatic nitrogens is 2. The lowest BCUT2D eigenvalue weighted by molar-refractivity contribution is 0.258. The molecular formula is C10H18N4O. The summed E-state index contributed by atoms with van der Waals surface area (Å²) in [6, 6.07) is 0. The highest BCUT2D eigenvalue weighted by Gasteiger charge is 2.10. The standard InChI is InChI=1S/C10H18N4O/c1-4-8-9(14-11)12-6-13-10(8)15-5-7(2)3/h6-7H,4-5,11H2,1-3H3,(H,12,13,14). The van der Waals surface area contributed by atoms with E-state index in [9.17, 15) is 0 Å². The van der Waals surface area contributed by atoms with Gasteiger partial charge in [-0.15, -0.1) is 0 Å². The number of ether oxygens (including phenoxy) is 1. The molecule has 1 aromatic rings. The number of hydrogen-bond donors (Lipinski definition) is 2. The maximum absolute atomic E-state index is 5.59. The summed E-state index contributed by atoms with van der Waals surface area (Å²) in [7, 11) is 0. The monoisotopic (exact) mass is 210 g/mol. The summed E-state index contributed by atoms with van der Waals surface area (Å²) in [6.07, 6.45) is 2.23. The van der Waals surface area contributed by atoms with Crippen LogP contribution in [0.3, 0.4) is 0 Å². The van der Waals surface area contributed by atoms with Crippen molar-refractivity contribution < 1.29 is 4.74 Å². The first-order chi connectivity index (χ1) is 7.19. The van der Waals surface area contributed by atoms with Crippen molar-refractivity contribution in [2.24, 2.45) is 11.8 Å². The molecule has 0 unspecified atom stereocenters. The van der Waals surface area contributed by atoms with Crippen molar-refractivity contribution >= 4 is 5.82 Å². The average Bonchev–Trinajstić information content (AvgIpc) is 2.25. The fourth-order valence-electron chi connectivity index (χ4n) is 1.21. The molecule has 0 aliphatic carbocycles. The molecule has 1 heterocycles. The fourth-order valence-corrected chi connectivity index (χ4v) is 1.21. The largest absolute Gasteiger partial charge is 0.477 e. The van der Waals surface area contributed by atoms with Crippen molar-refractivity contribution in [2.45, 2.75) is 27.2 Å². The van der Waals surface area contributed by atoms with Crippen LogP contribution < -0.4 is 16.0 Å². The molecular weight excluding hydrogens is 192 g/mol. The molecule has 0 saturated carbocycles. The number of nitrogens with two attached hydrogens (primary N) is 1. The van der Waals surface area contributed by atoms with Gasteiger partial charge in [-0.2, -0.15) is 0 Å². The number of rotatable bonds is 5. The molecule has 15 heavy (non-hydrogen) atoms. The van der Waals surface area contributed by atoms with E-state index >= 15 is 0 Å². The van der Waals surface area contributed by atoms with E-state index in [0.717, 1.165) is 12.0 Å². The van der Waals surface area contributed by atoms with Gasteiger partial charge in [0.2, 0.25) is 5.88 Å². The maximum atomic E-state index is 5.59. The van der Waals surface area contributed by atoms with Crippen LogP contribution >= 0.6 is 0 Å². The van der Waals surface area contributed by atoms with Crippen LogP contribution in [0.1, 0.15) is 26.3 Å². The number of anilines is 1. The molecule has 1 rings (SSSR count). The number of nitrogens with one attached hydrogen (secondary N) is 1. The highest BCUT2D eigenvalue weighted by atomic mass is 16.5. The van der Waals surface area contributed by atoms with Gasteiger partial charge >= 0.3 is 0 Å². The Balaban J connectivity index is 2.86. The second-order valence-electron chi connectivity index (χ2n) is 3.71. The second-order valence-corrected chi connectivity index (χ2v) is 3.71. The zero-order valence-electron chi connectivity index (χ0n) is 9.45. The summed E-state index contributed by atoms with van der Waals surface area (Å²) in [4.78, 5) is 8.13. The molecule has 1 aromatic heterocycles. The number of nitrogen functional groups attached to an aromatic ring is 1. The van der Waals surface area contributed by atoms with Gasteiger partial charge in [-0.05, 0) is 12.3 Å². The normalized spacial score (nSPS) is 10.5. The van der Waals surface area contributed by atoms with Gasteiger partial charge in [0.25, 0.3) is 0 Å². The molecule has 0 spiro atoms. The van der Waals surface area contributed by atoms with Crippen LogP contribution in [0.5, 0.6) is 5.88 Å². The maximum Gasteiger partial charge on any atom is 0.221 e. The summed E-state index contributed by atoms with van der Waals surface area (Å²) < 4.78 is 5.59. The summed E-state index contributed by atoms with van der Waals surface area (Å²) in [5, 5.41) is 0. The van der Waals surface area contributed by atoms with E-state index in [2.05, 4.69) is 29.2 Å². The van der Waals surface area contributed by atoms with E-state index < -0.39 is 0 Å². The minimum atomic E-state index is 0.471. The predicted octanol–water partition coefficient (Wildman–Crippen LogP) is 1.36. The van der Waals surface area contributed by atoms with Crippen LogP contribution in [0.4, 0.5) is 5.82 Å². The van der Waals surface area contributed by atoms with Crippen LogP contribution in [0.15, 0.2) is 6.33 Å². The molecule has 5 heteroatoms. The van der Waals surface area contributed by atoms with Crippen LogP contribution in [0.2, 0.25) is 0 Å². The van der Waals surface area contributed by atoms with Crippen molar-refractivity contribution in [1.82, 2.24) is 9.97 Å². The molecule has 0 aliphatic rings. The Labute approximate surface area is 90.0 Å². The lowest BCUT2D eigenvalue weighted by atomic mass is 10.2. The Hall–Kier alpha value is -1.36. The van der Waals surface area contributed by atoms with Crippen molar-refractivity contribution in [3.63, 3.8) is 0 Å². The highest BCUT2D eigenvalue weighted by Crippen LogP contribution is 2.21. The van der Waals surface area contributed by atoms with Crippen LogP contribution in [-0.2, 0) is 6.42 Å². The van der Waals surface area contributed by atoms with Crippen molar-refractivity contribution in [3.05, 3.63) is 11.9 Å². The van der Waals surface area contributed by atoms with E-state index in [1.54, 1.807) is 0 Å². The first-order valence-corrected chi connectivity index (χ1v) is 5.12. The molecule has 0 aliphatic heterocycles. The third-order valence-electron chi connectivity index (χ3n) is 1.95. The van der Waals surface area contributed by atoms with E-state index in [-0.39, 0.29) is 0 Å². The molecule has 0 amide bonds. The fraction of sp³-hybridized carbons (Fsp3) is 0.600. The summed E-state index contributed by atoms with van der Waals surface area (Å²) in [5.41, 5.74) is 3.46. The van der Waals surface area contributed by atoms with Gasteiger partial charge < -0.3 is 10.2 Å². The quantitative estimate of drug-likeness (QED) is 0.567. The summed E-state index contributed by atoms with van der Waals surface area (Å²) in [6.45, 7) is 6.85. The summed E-state index contributed by atoms with van der Waals surface area (Å²) in [5.74, 6) is 7.08. The van der Waals surface area contributed by atoms with Crippen molar-refractivity contribution in [2.75, 3.05) is 12.0 Å². The third-order valence-corrected chi connectivity index (χ3v) is 1.95. The lowest BCUT2D eigenvalue weighted by Gasteiger charge is -2.12. The van der Waals surface area contributed by atoms with E-state index in [1.807, 2.05) is 6.92 Å². The Morgan fingerprint density at radius 2 is 2.20 bits per heavy atom. The van der Waals surface area contributed by atoms with Gasteiger partial charge in [-0.3, -0.25) is 0 Å². The van der Waals surface area contributed by atoms with Gasteiger partial charge in [-0.1, -0.05) is 20.8 Å². The number of nitrogens with zero attached hydrogens (tertiary/aromatic N) is 2. The number of hydrogen-bond acceptors (Lipinski definition) is 5. The van der Waals surface area contributed by atoms with E-state index in [0.29, 0.717) is 24.2 Å². The number of hydrazine groups is 1. The van der Waals surface area contributed by atoms with Crippen molar-refractivity contribution in [1.29, 1.82) is 0 Å². The zero-order valence-corrected chi connectivity index (χ0v) is 9.45. The third kappa shape index (κ3) is 3.06. The molecule has 0 atom stereocenters. The zero-order chi connectivity index (χ0) is 11.3. The molecule has 0 bridgehead atoms. The molecule has 3 N–H and O–H groups in total. The molecule has 0 fully saturated rings. The topological polar surface area (TPSA) is 73.1 Å². The minimum absolute atomic E-state index is 0.471. The SMILES string of the molecule is CCc1c(NN)ncnc1OCC(C)C. The molecule has 84 valence electrons. The molecule has 0 saturated heterocycles. The van der Waals surface area contributed by atoms with Crippen LogP contribution in [0, 0.1) is 5.92 Å². The Bertz CT molecular complexity index is 314. The Morgan fingerprint density at radius 3 is 2.73 bits per heavy atom. The Kier molecular flexibility index (Phi) is 4.30. The van der Waals surface area contributed by atoms with E-state index in [4.69, 9.17) is 10.6 Å². The molecule has 0 radical (unpaired) electrons.